The zero-order valence-electron chi connectivity index (χ0n) is 9.49. The first-order valence-electron chi connectivity index (χ1n) is 5.42. The molecule has 90 valence electrons. The van der Waals surface area contributed by atoms with E-state index in [1.54, 1.807) is 24.3 Å². The molecule has 0 aliphatic carbocycles. The van der Waals surface area contributed by atoms with Crippen molar-refractivity contribution < 1.29 is 14.7 Å². The number of nitrogens with one attached hydrogen (secondary N) is 2. The van der Waals surface area contributed by atoms with E-state index in [0.717, 1.165) is 0 Å². The van der Waals surface area contributed by atoms with E-state index in [9.17, 15) is 9.59 Å². The van der Waals surface area contributed by atoms with Crippen LogP contribution in [0.3, 0.4) is 0 Å². The third-order valence-corrected chi connectivity index (χ3v) is 3.05. The van der Waals surface area contributed by atoms with Crippen LogP contribution in [0.1, 0.15) is 29.3 Å². The van der Waals surface area contributed by atoms with E-state index in [-0.39, 0.29) is 11.6 Å². The summed E-state index contributed by atoms with van der Waals surface area (Å²) >= 11 is 0. The molecular weight excluding hydrogens is 220 g/mol. The number of carbonyl (C=O) groups excluding carboxylic acids is 1. The van der Waals surface area contributed by atoms with Gasteiger partial charge in [-0.15, -0.1) is 0 Å². The highest BCUT2D eigenvalue weighted by atomic mass is 16.4. The van der Waals surface area contributed by atoms with Gasteiger partial charge < -0.3 is 15.7 Å². The second-order valence-corrected chi connectivity index (χ2v) is 4.31. The second-order valence-electron chi connectivity index (χ2n) is 4.31. The molecule has 0 radical (unpaired) electrons. The summed E-state index contributed by atoms with van der Waals surface area (Å²) in [5.41, 5.74) is 0.247. The molecule has 3 N–H and O–H groups in total. The summed E-state index contributed by atoms with van der Waals surface area (Å²) in [4.78, 5) is 22.5. The number of carbonyl (C=O) groups is 2. The Morgan fingerprint density at radius 2 is 2.12 bits per heavy atom. The normalized spacial score (nSPS) is 23.7. The van der Waals surface area contributed by atoms with E-state index in [4.69, 9.17) is 5.11 Å². The number of urea groups is 1. The molecule has 1 saturated heterocycles. The summed E-state index contributed by atoms with van der Waals surface area (Å²) in [5.74, 6) is -0.977. The molecule has 1 aliphatic heterocycles. The maximum atomic E-state index is 11.4. The molecule has 0 spiro atoms. The Balaban J connectivity index is 2.45. The van der Waals surface area contributed by atoms with Gasteiger partial charge >= 0.3 is 12.0 Å². The van der Waals surface area contributed by atoms with E-state index in [1.807, 2.05) is 6.92 Å². The van der Waals surface area contributed by atoms with Crippen molar-refractivity contribution in [3.8, 4) is 0 Å². The Morgan fingerprint density at radius 1 is 1.41 bits per heavy atom. The van der Waals surface area contributed by atoms with Crippen molar-refractivity contribution in [2.45, 2.75) is 18.9 Å². The number of carboxylic acid groups (broad SMARTS) is 1. The van der Waals surface area contributed by atoms with Crippen molar-refractivity contribution in [1.82, 2.24) is 10.6 Å². The van der Waals surface area contributed by atoms with Crippen molar-refractivity contribution in [3.63, 3.8) is 0 Å². The monoisotopic (exact) mass is 234 g/mol. The van der Waals surface area contributed by atoms with Crippen LogP contribution >= 0.6 is 0 Å². The average molecular weight is 234 g/mol. The van der Waals surface area contributed by atoms with E-state index < -0.39 is 11.5 Å². The fourth-order valence-electron chi connectivity index (χ4n) is 2.14. The summed E-state index contributed by atoms with van der Waals surface area (Å²) in [6.07, 6.45) is 0.656. The molecule has 2 rings (SSSR count). The Hall–Kier alpha value is -2.04. The number of aromatic carboxylic acids is 1. The van der Waals surface area contributed by atoms with Crippen LogP contribution in [0, 0.1) is 0 Å². The average Bonchev–Trinajstić information content (AvgIpc) is 2.28. The zero-order chi connectivity index (χ0) is 12.5. The first kappa shape index (κ1) is 11.4. The third kappa shape index (κ3) is 2.08. The van der Waals surface area contributed by atoms with E-state index in [1.165, 1.54) is 0 Å². The maximum Gasteiger partial charge on any atom is 0.336 e. The van der Waals surface area contributed by atoms with Gasteiger partial charge in [0.15, 0.2) is 0 Å². The quantitative estimate of drug-likeness (QED) is 0.721. The lowest BCUT2D eigenvalue weighted by atomic mass is 9.84. The number of rotatable bonds is 2. The van der Waals surface area contributed by atoms with Crippen LogP contribution in [0.2, 0.25) is 0 Å². The molecule has 1 heterocycles. The fourth-order valence-corrected chi connectivity index (χ4v) is 2.14. The lowest BCUT2D eigenvalue weighted by Crippen LogP contribution is -2.55. The molecule has 0 aromatic heterocycles. The fraction of sp³-hybridized carbons (Fsp3) is 0.333. The number of carboxylic acids is 1. The third-order valence-electron chi connectivity index (χ3n) is 3.05. The van der Waals surface area contributed by atoms with Crippen molar-refractivity contribution in [2.24, 2.45) is 0 Å². The van der Waals surface area contributed by atoms with Crippen LogP contribution in [0.5, 0.6) is 0 Å². The molecule has 1 fully saturated rings. The van der Waals surface area contributed by atoms with Gasteiger partial charge in [0.1, 0.15) is 0 Å². The zero-order valence-corrected chi connectivity index (χ0v) is 9.49. The van der Waals surface area contributed by atoms with Crippen molar-refractivity contribution in [1.29, 1.82) is 0 Å². The molecule has 1 aliphatic rings. The molecule has 1 aromatic rings. The van der Waals surface area contributed by atoms with Gasteiger partial charge in [0, 0.05) is 6.54 Å². The van der Waals surface area contributed by atoms with Crippen molar-refractivity contribution >= 4 is 12.0 Å². The predicted molar refractivity (Wildman–Crippen MR) is 61.9 cm³/mol. The minimum absolute atomic E-state index is 0.234. The molecule has 0 bridgehead atoms. The van der Waals surface area contributed by atoms with Crippen LogP contribution in [0.4, 0.5) is 4.79 Å². The van der Waals surface area contributed by atoms with Gasteiger partial charge in [-0.3, -0.25) is 0 Å². The van der Waals surface area contributed by atoms with Crippen LogP contribution < -0.4 is 10.6 Å². The summed E-state index contributed by atoms with van der Waals surface area (Å²) in [7, 11) is 0. The molecule has 1 aromatic carbocycles. The summed E-state index contributed by atoms with van der Waals surface area (Å²) in [6.45, 7) is 2.38. The molecule has 1 unspecified atom stereocenters. The summed E-state index contributed by atoms with van der Waals surface area (Å²) in [5, 5.41) is 14.6. The molecule has 1 atom stereocenters. The number of hydrogen-bond acceptors (Lipinski definition) is 2. The van der Waals surface area contributed by atoms with Gasteiger partial charge in [-0.2, -0.15) is 0 Å². The van der Waals surface area contributed by atoms with Crippen LogP contribution in [-0.2, 0) is 5.54 Å². The van der Waals surface area contributed by atoms with E-state index in [2.05, 4.69) is 10.6 Å². The van der Waals surface area contributed by atoms with Crippen molar-refractivity contribution in [2.75, 3.05) is 6.54 Å². The van der Waals surface area contributed by atoms with Crippen molar-refractivity contribution in [3.05, 3.63) is 35.4 Å². The Kier molecular flexibility index (Phi) is 2.75. The van der Waals surface area contributed by atoms with E-state index >= 15 is 0 Å². The minimum atomic E-state index is -0.977. The predicted octanol–water partition coefficient (Wildman–Crippen LogP) is 1.30. The first-order valence-corrected chi connectivity index (χ1v) is 5.42. The van der Waals surface area contributed by atoms with Crippen LogP contribution in [-0.4, -0.2) is 23.7 Å². The minimum Gasteiger partial charge on any atom is -0.478 e. The SMILES string of the molecule is CC1(c2ccccc2C(=O)O)CCNC(=O)N1. The highest BCUT2D eigenvalue weighted by molar-refractivity contribution is 5.90. The van der Waals surface area contributed by atoms with Gasteiger partial charge in [-0.05, 0) is 25.0 Å². The Bertz CT molecular complexity index is 473. The van der Waals surface area contributed by atoms with Gasteiger partial charge in [0.05, 0.1) is 11.1 Å². The Morgan fingerprint density at radius 3 is 2.76 bits per heavy atom. The van der Waals surface area contributed by atoms with E-state index in [0.29, 0.717) is 18.5 Å². The van der Waals surface area contributed by atoms with Gasteiger partial charge in [0.25, 0.3) is 0 Å². The number of amides is 2. The van der Waals surface area contributed by atoms with Gasteiger partial charge in [-0.1, -0.05) is 18.2 Å². The smallest absolute Gasteiger partial charge is 0.336 e. The summed E-state index contributed by atoms with van der Waals surface area (Å²) < 4.78 is 0. The maximum absolute atomic E-state index is 11.4. The highest BCUT2D eigenvalue weighted by Gasteiger charge is 2.34. The number of hydrogen-bond donors (Lipinski definition) is 3. The van der Waals surface area contributed by atoms with Gasteiger partial charge in [0.2, 0.25) is 0 Å². The molecule has 5 nitrogen and oxygen atoms in total. The molecule has 2 amide bonds. The second kappa shape index (κ2) is 4.08. The topological polar surface area (TPSA) is 78.4 Å². The lowest BCUT2D eigenvalue weighted by molar-refractivity contribution is 0.0692. The first-order chi connectivity index (χ1) is 8.03. The number of benzene rings is 1. The Labute approximate surface area is 98.8 Å². The van der Waals surface area contributed by atoms with Crippen LogP contribution in [0.25, 0.3) is 0 Å². The largest absolute Gasteiger partial charge is 0.478 e. The molecule has 17 heavy (non-hydrogen) atoms. The molecular formula is C12H14N2O3. The molecule has 5 heteroatoms. The highest BCUT2D eigenvalue weighted by Crippen LogP contribution is 2.29. The molecule has 0 saturated carbocycles. The lowest BCUT2D eigenvalue weighted by Gasteiger charge is -2.36. The standard InChI is InChI=1S/C12H14N2O3/c1-12(6-7-13-11(17)14-12)9-5-3-2-4-8(9)10(15)16/h2-5H,6-7H2,1H3,(H,15,16)(H2,13,14,17). The summed E-state index contributed by atoms with van der Waals surface area (Å²) in [6, 6.07) is 6.49. The van der Waals surface area contributed by atoms with Crippen LogP contribution in [0.15, 0.2) is 24.3 Å². The van der Waals surface area contributed by atoms with Gasteiger partial charge in [-0.25, -0.2) is 9.59 Å².